The van der Waals surface area contributed by atoms with Gasteiger partial charge in [0.05, 0.1) is 36.2 Å². The largest absolute Gasteiger partial charge is 0.361 e. The molecular weight excluding hydrogens is 328 g/mol. The molecule has 0 unspecified atom stereocenters. The Hall–Kier alpha value is -2.89. The highest BCUT2D eigenvalue weighted by molar-refractivity contribution is 5.95. The van der Waals surface area contributed by atoms with Gasteiger partial charge in [0.2, 0.25) is 0 Å². The maximum atomic E-state index is 13.0. The summed E-state index contributed by atoms with van der Waals surface area (Å²) in [5, 5.41) is 8.41. The topological polar surface area (TPSA) is 64.2 Å². The van der Waals surface area contributed by atoms with E-state index in [0.29, 0.717) is 18.7 Å². The standard InChI is InChI=1S/C20H24N4O2/c1-5-19-17(11-21-24(19)12-16-9-7-6-8-10-16)20(25)23(4)13-18-14(2)22-26-15(18)3/h6-11H,5,12-13H2,1-4H3. The minimum absolute atomic E-state index is 0.0406. The van der Waals surface area contributed by atoms with Crippen LogP contribution in [0.4, 0.5) is 0 Å². The van der Waals surface area contributed by atoms with Crippen molar-refractivity contribution in [3.05, 3.63) is 70.4 Å². The van der Waals surface area contributed by atoms with Gasteiger partial charge in [0, 0.05) is 12.6 Å². The summed E-state index contributed by atoms with van der Waals surface area (Å²) in [5.74, 6) is 0.707. The number of nitrogens with zero attached hydrogens (tertiary/aromatic N) is 4. The molecule has 0 radical (unpaired) electrons. The second kappa shape index (κ2) is 7.56. The van der Waals surface area contributed by atoms with Crippen LogP contribution in [0.5, 0.6) is 0 Å². The lowest BCUT2D eigenvalue weighted by Gasteiger charge is -2.17. The Morgan fingerprint density at radius 1 is 1.23 bits per heavy atom. The van der Waals surface area contributed by atoms with Crippen LogP contribution in [0.25, 0.3) is 0 Å². The molecule has 0 saturated heterocycles. The van der Waals surface area contributed by atoms with Crippen LogP contribution in [0.3, 0.4) is 0 Å². The molecule has 3 rings (SSSR count). The van der Waals surface area contributed by atoms with Gasteiger partial charge >= 0.3 is 0 Å². The fraction of sp³-hybridized carbons (Fsp3) is 0.350. The Balaban J connectivity index is 1.81. The summed E-state index contributed by atoms with van der Waals surface area (Å²) < 4.78 is 7.10. The number of aryl methyl sites for hydroxylation is 2. The van der Waals surface area contributed by atoms with Crippen LogP contribution in [0.1, 0.15) is 45.6 Å². The van der Waals surface area contributed by atoms with Gasteiger partial charge in [0.15, 0.2) is 0 Å². The molecule has 0 atom stereocenters. The molecular formula is C20H24N4O2. The van der Waals surface area contributed by atoms with Gasteiger partial charge in [-0.1, -0.05) is 42.4 Å². The first kappa shape index (κ1) is 17.9. The summed E-state index contributed by atoms with van der Waals surface area (Å²) in [6.45, 7) is 6.92. The minimum Gasteiger partial charge on any atom is -0.361 e. The lowest BCUT2D eigenvalue weighted by molar-refractivity contribution is 0.0783. The van der Waals surface area contributed by atoms with Gasteiger partial charge < -0.3 is 9.42 Å². The monoisotopic (exact) mass is 352 g/mol. The van der Waals surface area contributed by atoms with Crippen molar-refractivity contribution in [3.8, 4) is 0 Å². The molecule has 136 valence electrons. The fourth-order valence-electron chi connectivity index (χ4n) is 3.10. The van der Waals surface area contributed by atoms with E-state index in [4.69, 9.17) is 4.52 Å². The Morgan fingerprint density at radius 3 is 2.58 bits per heavy atom. The van der Waals surface area contributed by atoms with Crippen LogP contribution in [-0.2, 0) is 19.5 Å². The van der Waals surface area contributed by atoms with Crippen molar-refractivity contribution in [1.29, 1.82) is 0 Å². The van der Waals surface area contributed by atoms with Crippen molar-refractivity contribution in [2.75, 3.05) is 7.05 Å². The van der Waals surface area contributed by atoms with Crippen LogP contribution < -0.4 is 0 Å². The van der Waals surface area contributed by atoms with Crippen molar-refractivity contribution < 1.29 is 9.32 Å². The highest BCUT2D eigenvalue weighted by atomic mass is 16.5. The quantitative estimate of drug-likeness (QED) is 0.682. The van der Waals surface area contributed by atoms with Gasteiger partial charge in [0.25, 0.3) is 5.91 Å². The lowest BCUT2D eigenvalue weighted by Crippen LogP contribution is -2.27. The molecule has 0 aliphatic carbocycles. The number of amides is 1. The molecule has 2 heterocycles. The van der Waals surface area contributed by atoms with Crippen LogP contribution in [0.15, 0.2) is 41.1 Å². The van der Waals surface area contributed by atoms with E-state index in [1.165, 1.54) is 0 Å². The average molecular weight is 352 g/mol. The summed E-state index contributed by atoms with van der Waals surface area (Å²) in [6, 6.07) is 10.1. The number of aromatic nitrogens is 3. The Kier molecular flexibility index (Phi) is 5.21. The molecule has 6 heteroatoms. The predicted molar refractivity (Wildman–Crippen MR) is 98.9 cm³/mol. The van der Waals surface area contributed by atoms with E-state index in [9.17, 15) is 4.79 Å². The van der Waals surface area contributed by atoms with E-state index in [1.54, 1.807) is 18.1 Å². The Labute approximate surface area is 153 Å². The third kappa shape index (κ3) is 3.54. The van der Waals surface area contributed by atoms with Crippen molar-refractivity contribution in [3.63, 3.8) is 0 Å². The first-order valence-corrected chi connectivity index (χ1v) is 8.77. The van der Waals surface area contributed by atoms with E-state index in [0.717, 1.165) is 34.7 Å². The van der Waals surface area contributed by atoms with Gasteiger partial charge in [-0.3, -0.25) is 9.48 Å². The molecule has 1 aromatic carbocycles. The molecule has 0 bridgehead atoms. The van der Waals surface area contributed by atoms with Crippen molar-refractivity contribution in [2.45, 2.75) is 40.3 Å². The van der Waals surface area contributed by atoms with Crippen LogP contribution >= 0.6 is 0 Å². The van der Waals surface area contributed by atoms with Crippen molar-refractivity contribution in [1.82, 2.24) is 19.8 Å². The summed E-state index contributed by atoms with van der Waals surface area (Å²) in [5.41, 5.74) is 4.53. The van der Waals surface area contributed by atoms with Gasteiger partial charge in [-0.25, -0.2) is 0 Å². The molecule has 1 amide bonds. The number of carbonyl (C=O) groups excluding carboxylic acids is 1. The summed E-state index contributed by atoms with van der Waals surface area (Å²) in [6.07, 6.45) is 2.42. The first-order valence-electron chi connectivity index (χ1n) is 8.77. The van der Waals surface area contributed by atoms with E-state index in [2.05, 4.69) is 22.4 Å². The summed E-state index contributed by atoms with van der Waals surface area (Å²) in [7, 11) is 1.79. The average Bonchev–Trinajstić information content (AvgIpc) is 3.19. The second-order valence-electron chi connectivity index (χ2n) is 6.47. The Morgan fingerprint density at radius 2 is 1.96 bits per heavy atom. The molecule has 26 heavy (non-hydrogen) atoms. The third-order valence-corrected chi connectivity index (χ3v) is 4.61. The number of benzene rings is 1. The van der Waals surface area contributed by atoms with E-state index >= 15 is 0 Å². The molecule has 3 aromatic rings. The fourth-order valence-corrected chi connectivity index (χ4v) is 3.10. The second-order valence-corrected chi connectivity index (χ2v) is 6.47. The number of hydrogen-bond donors (Lipinski definition) is 0. The number of hydrogen-bond acceptors (Lipinski definition) is 4. The summed E-state index contributed by atoms with van der Waals surface area (Å²) >= 11 is 0. The van der Waals surface area contributed by atoms with Gasteiger partial charge in [-0.05, 0) is 25.8 Å². The molecule has 0 fully saturated rings. The zero-order valence-electron chi connectivity index (χ0n) is 15.7. The zero-order valence-corrected chi connectivity index (χ0v) is 15.7. The third-order valence-electron chi connectivity index (χ3n) is 4.61. The van der Waals surface area contributed by atoms with Gasteiger partial charge in [-0.15, -0.1) is 0 Å². The van der Waals surface area contributed by atoms with E-state index in [-0.39, 0.29) is 5.91 Å². The molecule has 2 aromatic heterocycles. The first-order chi connectivity index (χ1) is 12.5. The highest BCUT2D eigenvalue weighted by Crippen LogP contribution is 2.18. The molecule has 0 saturated carbocycles. The van der Waals surface area contributed by atoms with Gasteiger partial charge in [-0.2, -0.15) is 5.10 Å². The number of carbonyl (C=O) groups is 1. The molecule has 0 aliphatic heterocycles. The Bertz CT molecular complexity index is 876. The van der Waals surface area contributed by atoms with E-state index < -0.39 is 0 Å². The van der Waals surface area contributed by atoms with Crippen LogP contribution in [-0.4, -0.2) is 32.8 Å². The highest BCUT2D eigenvalue weighted by Gasteiger charge is 2.21. The van der Waals surface area contributed by atoms with E-state index in [1.807, 2.05) is 43.7 Å². The molecule has 6 nitrogen and oxygen atoms in total. The van der Waals surface area contributed by atoms with Crippen molar-refractivity contribution in [2.24, 2.45) is 0 Å². The molecule has 0 spiro atoms. The smallest absolute Gasteiger partial charge is 0.257 e. The SMILES string of the molecule is CCc1c(C(=O)N(C)Cc2c(C)noc2C)cnn1Cc1ccccc1. The maximum Gasteiger partial charge on any atom is 0.257 e. The zero-order chi connectivity index (χ0) is 18.7. The van der Waals surface area contributed by atoms with Crippen LogP contribution in [0, 0.1) is 13.8 Å². The minimum atomic E-state index is -0.0406. The molecule has 0 aliphatic rings. The van der Waals surface area contributed by atoms with Gasteiger partial charge in [0.1, 0.15) is 5.76 Å². The summed E-state index contributed by atoms with van der Waals surface area (Å²) in [4.78, 5) is 14.7. The maximum absolute atomic E-state index is 13.0. The lowest BCUT2D eigenvalue weighted by atomic mass is 10.1. The predicted octanol–water partition coefficient (Wildman–Crippen LogP) is 3.37. The normalized spacial score (nSPS) is 10.9. The van der Waals surface area contributed by atoms with Crippen LogP contribution in [0.2, 0.25) is 0 Å². The number of rotatable bonds is 6. The molecule has 0 N–H and O–H groups in total. The van der Waals surface area contributed by atoms with Crippen molar-refractivity contribution >= 4 is 5.91 Å².